The predicted octanol–water partition coefficient (Wildman–Crippen LogP) is 2.09. The summed E-state index contributed by atoms with van der Waals surface area (Å²) in [5, 5.41) is 4.08. The second-order valence-corrected chi connectivity index (χ2v) is 9.66. The first-order valence-electron chi connectivity index (χ1n) is 10.1. The van der Waals surface area contributed by atoms with Crippen LogP contribution in [0, 0.1) is 13.8 Å². The van der Waals surface area contributed by atoms with Crippen LogP contribution in [0.2, 0.25) is 0 Å². The molecule has 31 heavy (non-hydrogen) atoms. The van der Waals surface area contributed by atoms with Crippen molar-refractivity contribution in [3.8, 4) is 0 Å². The van der Waals surface area contributed by atoms with E-state index in [1.807, 2.05) is 31.2 Å². The van der Waals surface area contributed by atoms with Gasteiger partial charge in [-0.1, -0.05) is 24.3 Å². The number of amides is 1. The van der Waals surface area contributed by atoms with Gasteiger partial charge >= 0.3 is 0 Å². The fourth-order valence-corrected chi connectivity index (χ4v) is 5.42. The molecule has 9 heteroatoms. The van der Waals surface area contributed by atoms with Crippen molar-refractivity contribution in [3.63, 3.8) is 0 Å². The summed E-state index contributed by atoms with van der Waals surface area (Å²) >= 11 is 0. The Balaban J connectivity index is 1.40. The fraction of sp³-hybridized carbons (Fsp3) is 0.318. The van der Waals surface area contributed by atoms with Crippen LogP contribution in [0.5, 0.6) is 0 Å². The number of carbonyl (C=O) groups is 1. The maximum Gasteiger partial charge on any atom is 0.253 e. The molecule has 0 bridgehead atoms. The van der Waals surface area contributed by atoms with Gasteiger partial charge < -0.3 is 4.90 Å². The smallest absolute Gasteiger partial charge is 0.253 e. The molecule has 2 aromatic carbocycles. The lowest BCUT2D eigenvalue weighted by Gasteiger charge is -2.34. The summed E-state index contributed by atoms with van der Waals surface area (Å²) < 4.78 is 29.4. The molecule has 1 aliphatic rings. The van der Waals surface area contributed by atoms with Crippen LogP contribution < -0.4 is 0 Å². The molecular weight excluding hydrogens is 414 g/mol. The molecule has 0 radical (unpaired) electrons. The minimum Gasteiger partial charge on any atom is -0.336 e. The number of nitrogens with zero attached hydrogens (tertiary/aromatic N) is 5. The number of rotatable bonds is 5. The highest BCUT2D eigenvalue weighted by Gasteiger charge is 2.31. The fourth-order valence-electron chi connectivity index (χ4n) is 3.69. The molecule has 1 aromatic heterocycles. The van der Waals surface area contributed by atoms with E-state index in [4.69, 9.17) is 0 Å². The molecular formula is C22H25N5O3S. The van der Waals surface area contributed by atoms with Gasteiger partial charge in [0.05, 0.1) is 11.4 Å². The molecule has 1 amide bonds. The second-order valence-electron chi connectivity index (χ2n) is 7.76. The topological polar surface area (TPSA) is 88.4 Å². The zero-order valence-corrected chi connectivity index (χ0v) is 18.4. The van der Waals surface area contributed by atoms with Crippen molar-refractivity contribution in [2.75, 3.05) is 26.2 Å². The average molecular weight is 440 g/mol. The second kappa shape index (κ2) is 8.60. The Kier molecular flexibility index (Phi) is 5.88. The molecule has 0 unspecified atom stereocenters. The number of piperazine rings is 1. The summed E-state index contributed by atoms with van der Waals surface area (Å²) in [5.41, 5.74) is 3.25. The Morgan fingerprint density at radius 1 is 1.00 bits per heavy atom. The molecule has 0 spiro atoms. The zero-order valence-electron chi connectivity index (χ0n) is 17.6. The molecule has 4 rings (SSSR count). The van der Waals surface area contributed by atoms with Crippen molar-refractivity contribution in [1.82, 2.24) is 24.0 Å². The highest BCUT2D eigenvalue weighted by Crippen LogP contribution is 2.23. The number of carbonyl (C=O) groups excluding carboxylic acids is 1. The number of benzene rings is 2. The molecule has 0 saturated carbocycles. The van der Waals surface area contributed by atoms with E-state index in [0.29, 0.717) is 30.1 Å². The monoisotopic (exact) mass is 439 g/mol. The average Bonchev–Trinajstić information content (AvgIpc) is 3.28. The molecule has 0 atom stereocenters. The highest BCUT2D eigenvalue weighted by atomic mass is 32.2. The highest BCUT2D eigenvalue weighted by molar-refractivity contribution is 7.89. The van der Waals surface area contributed by atoms with E-state index >= 15 is 0 Å². The standard InChI is InChI=1S/C22H25N5O3S/c1-17-3-4-18(2)21(13-17)31(29,30)27-11-9-25(10-12-27)22(28)20-7-5-19(6-8-20)14-26-16-23-15-24-26/h3-8,13,15-16H,9-12,14H2,1-2H3. The van der Waals surface area contributed by atoms with Gasteiger partial charge in [0.2, 0.25) is 10.0 Å². The molecule has 0 aliphatic carbocycles. The molecule has 1 aliphatic heterocycles. The lowest BCUT2D eigenvalue weighted by Crippen LogP contribution is -2.50. The van der Waals surface area contributed by atoms with Gasteiger partial charge in [0.15, 0.2) is 0 Å². The lowest BCUT2D eigenvalue weighted by atomic mass is 10.1. The first-order valence-corrected chi connectivity index (χ1v) is 11.6. The van der Waals surface area contributed by atoms with Gasteiger partial charge in [0.25, 0.3) is 5.91 Å². The quantitative estimate of drug-likeness (QED) is 0.607. The van der Waals surface area contributed by atoms with Crippen molar-refractivity contribution < 1.29 is 13.2 Å². The summed E-state index contributed by atoms with van der Waals surface area (Å²) in [7, 11) is -3.58. The van der Waals surface area contributed by atoms with Crippen molar-refractivity contribution in [3.05, 3.63) is 77.4 Å². The summed E-state index contributed by atoms with van der Waals surface area (Å²) in [6.45, 7) is 5.57. The van der Waals surface area contributed by atoms with Gasteiger partial charge in [-0.15, -0.1) is 0 Å². The lowest BCUT2D eigenvalue weighted by molar-refractivity contribution is 0.0698. The van der Waals surface area contributed by atoms with Crippen LogP contribution in [0.15, 0.2) is 60.0 Å². The van der Waals surface area contributed by atoms with Crippen LogP contribution in [0.3, 0.4) is 0 Å². The zero-order chi connectivity index (χ0) is 22.0. The van der Waals surface area contributed by atoms with Gasteiger partial charge in [-0.05, 0) is 48.7 Å². The molecule has 162 valence electrons. The third-order valence-corrected chi connectivity index (χ3v) is 7.54. The number of aryl methyl sites for hydroxylation is 2. The third kappa shape index (κ3) is 4.52. The number of hydrogen-bond acceptors (Lipinski definition) is 5. The maximum absolute atomic E-state index is 13.1. The van der Waals surface area contributed by atoms with Gasteiger partial charge in [0, 0.05) is 31.7 Å². The SMILES string of the molecule is Cc1ccc(C)c(S(=O)(=O)N2CCN(C(=O)c3ccc(Cn4cncn4)cc3)CC2)c1. The summed E-state index contributed by atoms with van der Waals surface area (Å²) in [6.07, 6.45) is 3.13. The Morgan fingerprint density at radius 3 is 2.35 bits per heavy atom. The summed E-state index contributed by atoms with van der Waals surface area (Å²) in [5.74, 6) is -0.0870. The van der Waals surface area contributed by atoms with Crippen LogP contribution in [0.25, 0.3) is 0 Å². The maximum atomic E-state index is 13.1. The molecule has 8 nitrogen and oxygen atoms in total. The minimum absolute atomic E-state index is 0.0870. The van der Waals surface area contributed by atoms with E-state index < -0.39 is 10.0 Å². The molecule has 0 N–H and O–H groups in total. The molecule has 1 fully saturated rings. The van der Waals surface area contributed by atoms with Crippen LogP contribution in [-0.4, -0.2) is 64.5 Å². The van der Waals surface area contributed by atoms with Crippen LogP contribution in [-0.2, 0) is 16.6 Å². The van der Waals surface area contributed by atoms with E-state index in [0.717, 1.165) is 16.7 Å². The Hall–Kier alpha value is -3.04. The van der Waals surface area contributed by atoms with Gasteiger partial charge in [-0.25, -0.2) is 18.1 Å². The Morgan fingerprint density at radius 2 is 1.71 bits per heavy atom. The summed E-state index contributed by atoms with van der Waals surface area (Å²) in [4.78, 5) is 18.9. The molecule has 3 aromatic rings. The van der Waals surface area contributed by atoms with E-state index in [2.05, 4.69) is 10.1 Å². The van der Waals surface area contributed by atoms with E-state index in [1.54, 1.807) is 41.0 Å². The van der Waals surface area contributed by atoms with Gasteiger partial charge in [-0.3, -0.25) is 4.79 Å². The van der Waals surface area contributed by atoms with E-state index in [9.17, 15) is 13.2 Å². The number of aromatic nitrogens is 3. The summed E-state index contributed by atoms with van der Waals surface area (Å²) in [6, 6.07) is 12.8. The predicted molar refractivity (Wildman–Crippen MR) is 116 cm³/mol. The Labute approximate surface area is 182 Å². The van der Waals surface area contributed by atoms with Crippen LogP contribution in [0.1, 0.15) is 27.0 Å². The minimum atomic E-state index is -3.58. The Bertz CT molecular complexity index is 1170. The first kappa shape index (κ1) is 21.2. The first-order chi connectivity index (χ1) is 14.8. The number of sulfonamides is 1. The van der Waals surface area contributed by atoms with Crippen LogP contribution in [0.4, 0.5) is 0 Å². The van der Waals surface area contributed by atoms with E-state index in [1.165, 1.54) is 10.6 Å². The van der Waals surface area contributed by atoms with Crippen molar-refractivity contribution in [1.29, 1.82) is 0 Å². The normalized spacial score (nSPS) is 15.2. The molecule has 1 saturated heterocycles. The van der Waals surface area contributed by atoms with E-state index in [-0.39, 0.29) is 19.0 Å². The van der Waals surface area contributed by atoms with Crippen LogP contribution >= 0.6 is 0 Å². The van der Waals surface area contributed by atoms with Crippen molar-refractivity contribution in [2.24, 2.45) is 0 Å². The van der Waals surface area contributed by atoms with Gasteiger partial charge in [0.1, 0.15) is 12.7 Å². The number of hydrogen-bond donors (Lipinski definition) is 0. The van der Waals surface area contributed by atoms with Crippen molar-refractivity contribution >= 4 is 15.9 Å². The largest absolute Gasteiger partial charge is 0.336 e. The van der Waals surface area contributed by atoms with Gasteiger partial charge in [-0.2, -0.15) is 9.40 Å². The van der Waals surface area contributed by atoms with Crippen molar-refractivity contribution in [2.45, 2.75) is 25.3 Å². The molecule has 2 heterocycles. The third-order valence-electron chi connectivity index (χ3n) is 5.50.